The number of rotatable bonds is 4. The average molecular weight is 260 g/mol. The van der Waals surface area contributed by atoms with Crippen molar-refractivity contribution in [2.24, 2.45) is 5.92 Å². The maximum absolute atomic E-state index is 11.6. The van der Waals surface area contributed by atoms with E-state index in [1.807, 2.05) is 0 Å². The summed E-state index contributed by atoms with van der Waals surface area (Å²) in [4.78, 5) is 0. The molecule has 5 nitrogen and oxygen atoms in total. The third kappa shape index (κ3) is 3.95. The molecule has 1 fully saturated rings. The summed E-state index contributed by atoms with van der Waals surface area (Å²) >= 11 is 0. The molecule has 2 N–H and O–H groups in total. The van der Waals surface area contributed by atoms with Gasteiger partial charge in [0.2, 0.25) is 10.0 Å². The number of nitrogens with one attached hydrogen (secondary N) is 1. The van der Waals surface area contributed by atoms with E-state index in [4.69, 9.17) is 5.26 Å². The average Bonchev–Trinajstić information content (AvgIpc) is 2.25. The molecule has 98 valence electrons. The van der Waals surface area contributed by atoms with Crippen LogP contribution in [0.2, 0.25) is 0 Å². The molecule has 0 aromatic rings. The molecular weight excluding hydrogens is 240 g/mol. The molecule has 0 aromatic carbocycles. The molecule has 1 saturated carbocycles. The van der Waals surface area contributed by atoms with Crippen molar-refractivity contribution in [1.29, 1.82) is 5.26 Å². The van der Waals surface area contributed by atoms with Crippen LogP contribution in [0.5, 0.6) is 0 Å². The molecule has 0 amide bonds. The third-order valence-electron chi connectivity index (χ3n) is 3.32. The van der Waals surface area contributed by atoms with Gasteiger partial charge in [0.1, 0.15) is 0 Å². The number of sulfonamides is 1. The molecule has 0 heterocycles. The van der Waals surface area contributed by atoms with Crippen LogP contribution >= 0.6 is 0 Å². The van der Waals surface area contributed by atoms with Crippen LogP contribution < -0.4 is 4.72 Å². The van der Waals surface area contributed by atoms with E-state index in [0.717, 1.165) is 12.8 Å². The summed E-state index contributed by atoms with van der Waals surface area (Å²) in [7, 11) is -3.64. The normalized spacial score (nSPS) is 31.8. The Kier molecular flexibility index (Phi) is 4.53. The Morgan fingerprint density at radius 2 is 2.29 bits per heavy atom. The summed E-state index contributed by atoms with van der Waals surface area (Å²) in [6.45, 7) is 3.39. The summed E-state index contributed by atoms with van der Waals surface area (Å²) in [5, 5.41) is 17.7. The molecule has 0 radical (unpaired) electrons. The Morgan fingerprint density at radius 3 is 2.82 bits per heavy atom. The lowest BCUT2D eigenvalue weighted by molar-refractivity contribution is -0.00753. The summed E-state index contributed by atoms with van der Waals surface area (Å²) in [5.41, 5.74) is -0.958. The first-order valence-electron chi connectivity index (χ1n) is 5.89. The first-order chi connectivity index (χ1) is 7.79. The van der Waals surface area contributed by atoms with Crippen LogP contribution in [0, 0.1) is 17.2 Å². The van der Waals surface area contributed by atoms with E-state index in [9.17, 15) is 13.5 Å². The number of hydrogen-bond acceptors (Lipinski definition) is 4. The Bertz CT molecular complexity index is 401. The molecule has 0 bridgehead atoms. The minimum atomic E-state index is -3.64. The SMILES string of the molecule is CC1CCCC(O)(CNS(=O)(=O)C(C)C#N)C1. The van der Waals surface area contributed by atoms with E-state index in [0.29, 0.717) is 18.8 Å². The predicted octanol–water partition coefficient (Wildman–Crippen LogP) is 0.759. The smallest absolute Gasteiger partial charge is 0.227 e. The fourth-order valence-electron chi connectivity index (χ4n) is 2.22. The number of hydrogen-bond donors (Lipinski definition) is 2. The minimum absolute atomic E-state index is 0.00565. The second kappa shape index (κ2) is 5.34. The predicted molar refractivity (Wildman–Crippen MR) is 64.6 cm³/mol. The molecule has 17 heavy (non-hydrogen) atoms. The quantitative estimate of drug-likeness (QED) is 0.780. The highest BCUT2D eigenvalue weighted by Gasteiger charge is 2.34. The monoisotopic (exact) mass is 260 g/mol. The maximum atomic E-state index is 11.6. The highest BCUT2D eigenvalue weighted by atomic mass is 32.2. The summed E-state index contributed by atoms with van der Waals surface area (Å²) in [6, 6.07) is 1.68. The van der Waals surface area contributed by atoms with E-state index in [-0.39, 0.29) is 6.54 Å². The van der Waals surface area contributed by atoms with Gasteiger partial charge in [0, 0.05) is 6.54 Å². The van der Waals surface area contributed by atoms with Crippen molar-refractivity contribution in [2.75, 3.05) is 6.54 Å². The van der Waals surface area contributed by atoms with Crippen LogP contribution in [-0.4, -0.2) is 30.9 Å². The van der Waals surface area contributed by atoms with Gasteiger partial charge in [-0.2, -0.15) is 5.26 Å². The molecule has 0 aromatic heterocycles. The van der Waals surface area contributed by atoms with Crippen LogP contribution in [0.25, 0.3) is 0 Å². The van der Waals surface area contributed by atoms with E-state index >= 15 is 0 Å². The van der Waals surface area contributed by atoms with Gasteiger partial charge in [-0.05, 0) is 25.7 Å². The second-order valence-electron chi connectivity index (χ2n) is 5.06. The van der Waals surface area contributed by atoms with E-state index in [2.05, 4.69) is 11.6 Å². The summed E-state index contributed by atoms with van der Waals surface area (Å²) < 4.78 is 25.5. The zero-order valence-electron chi connectivity index (χ0n) is 10.3. The Morgan fingerprint density at radius 1 is 1.65 bits per heavy atom. The first-order valence-corrected chi connectivity index (χ1v) is 7.44. The van der Waals surface area contributed by atoms with Crippen LogP contribution in [0.4, 0.5) is 0 Å². The van der Waals surface area contributed by atoms with Crippen molar-refractivity contribution in [3.05, 3.63) is 0 Å². The minimum Gasteiger partial charge on any atom is -0.389 e. The van der Waals surface area contributed by atoms with Gasteiger partial charge < -0.3 is 5.11 Å². The topological polar surface area (TPSA) is 90.2 Å². The molecule has 1 aliphatic rings. The van der Waals surface area contributed by atoms with Crippen LogP contribution in [0.3, 0.4) is 0 Å². The number of nitrogens with zero attached hydrogens (tertiary/aromatic N) is 1. The largest absolute Gasteiger partial charge is 0.389 e. The van der Waals surface area contributed by atoms with Crippen molar-refractivity contribution in [2.45, 2.75) is 50.4 Å². The van der Waals surface area contributed by atoms with E-state index < -0.39 is 20.9 Å². The van der Waals surface area contributed by atoms with Gasteiger partial charge in [0.25, 0.3) is 0 Å². The standard InChI is InChI=1S/C11H20N2O3S/c1-9-4-3-5-11(14,6-9)8-13-17(15,16)10(2)7-12/h9-10,13-14H,3-6,8H2,1-2H3. The van der Waals surface area contributed by atoms with E-state index in [1.54, 1.807) is 6.07 Å². The fourth-order valence-corrected chi connectivity index (χ4v) is 3.08. The van der Waals surface area contributed by atoms with Crippen molar-refractivity contribution >= 4 is 10.0 Å². The van der Waals surface area contributed by atoms with Crippen LogP contribution in [0.1, 0.15) is 39.5 Å². The lowest BCUT2D eigenvalue weighted by atomic mass is 9.79. The first kappa shape index (κ1) is 14.4. The Hall–Kier alpha value is -0.640. The zero-order chi connectivity index (χ0) is 13.1. The van der Waals surface area contributed by atoms with E-state index in [1.165, 1.54) is 6.92 Å². The van der Waals surface area contributed by atoms with Crippen LogP contribution in [0.15, 0.2) is 0 Å². The lowest BCUT2D eigenvalue weighted by Gasteiger charge is -2.35. The fraction of sp³-hybridized carbons (Fsp3) is 0.909. The van der Waals surface area contributed by atoms with Gasteiger partial charge >= 0.3 is 0 Å². The molecule has 6 heteroatoms. The van der Waals surface area contributed by atoms with Gasteiger partial charge in [-0.1, -0.05) is 19.8 Å². The van der Waals surface area contributed by atoms with Crippen molar-refractivity contribution in [3.63, 3.8) is 0 Å². The Labute approximate surface area is 103 Å². The molecule has 0 spiro atoms. The molecule has 1 rings (SSSR count). The molecule has 3 unspecified atom stereocenters. The summed E-state index contributed by atoms with van der Waals surface area (Å²) in [6.07, 6.45) is 3.20. The molecule has 3 atom stereocenters. The zero-order valence-corrected chi connectivity index (χ0v) is 11.1. The second-order valence-corrected chi connectivity index (χ2v) is 7.15. The van der Waals surface area contributed by atoms with Gasteiger partial charge in [0.15, 0.2) is 5.25 Å². The molecular formula is C11H20N2O3S. The van der Waals surface area contributed by atoms with Gasteiger partial charge in [0.05, 0.1) is 11.7 Å². The Balaban J connectivity index is 2.59. The third-order valence-corrected chi connectivity index (χ3v) is 4.90. The van der Waals surface area contributed by atoms with Crippen LogP contribution in [-0.2, 0) is 10.0 Å². The van der Waals surface area contributed by atoms with Gasteiger partial charge in [-0.15, -0.1) is 0 Å². The number of nitriles is 1. The van der Waals surface area contributed by atoms with Crippen molar-refractivity contribution in [3.8, 4) is 6.07 Å². The van der Waals surface area contributed by atoms with Gasteiger partial charge in [-0.25, -0.2) is 13.1 Å². The molecule has 1 aliphatic carbocycles. The molecule has 0 aliphatic heterocycles. The maximum Gasteiger partial charge on any atom is 0.227 e. The number of aliphatic hydroxyl groups is 1. The highest BCUT2D eigenvalue weighted by molar-refractivity contribution is 7.90. The summed E-state index contributed by atoms with van der Waals surface area (Å²) in [5.74, 6) is 0.409. The van der Waals surface area contributed by atoms with Crippen molar-refractivity contribution < 1.29 is 13.5 Å². The lowest BCUT2D eigenvalue weighted by Crippen LogP contribution is -2.47. The van der Waals surface area contributed by atoms with Gasteiger partial charge in [-0.3, -0.25) is 0 Å². The van der Waals surface area contributed by atoms with Crippen molar-refractivity contribution in [1.82, 2.24) is 4.72 Å². The molecule has 0 saturated heterocycles. The highest BCUT2D eigenvalue weighted by Crippen LogP contribution is 2.31.